The lowest BCUT2D eigenvalue weighted by molar-refractivity contribution is -0.134. The van der Waals surface area contributed by atoms with E-state index in [1.54, 1.807) is 6.92 Å². The van der Waals surface area contributed by atoms with E-state index in [-0.39, 0.29) is 5.91 Å². The molecule has 0 aromatic heterocycles. The summed E-state index contributed by atoms with van der Waals surface area (Å²) in [7, 11) is 1.88. The second-order valence-electron chi connectivity index (χ2n) is 6.22. The molecule has 2 rings (SSSR count). The van der Waals surface area contributed by atoms with E-state index < -0.39 is 6.04 Å². The molecule has 4 heteroatoms. The zero-order valence-corrected chi connectivity index (χ0v) is 13.3. The Balaban J connectivity index is 1.91. The van der Waals surface area contributed by atoms with Gasteiger partial charge in [-0.15, -0.1) is 0 Å². The number of piperidine rings is 1. The van der Waals surface area contributed by atoms with Crippen molar-refractivity contribution in [2.75, 3.05) is 13.6 Å². The Kier molecular flexibility index (Phi) is 5.37. The lowest BCUT2D eigenvalue weighted by Crippen LogP contribution is -2.52. The van der Waals surface area contributed by atoms with Gasteiger partial charge in [-0.1, -0.05) is 30.3 Å². The highest BCUT2D eigenvalue weighted by molar-refractivity contribution is 5.81. The maximum atomic E-state index is 12.0. The van der Waals surface area contributed by atoms with Crippen molar-refractivity contribution < 1.29 is 4.79 Å². The third-order valence-electron chi connectivity index (χ3n) is 4.50. The molecule has 116 valence electrons. The standard InChI is InChI=1S/C17H27N3O/c1-13-11-16(19(3)17(21)14(2)18)9-10-20(13)12-15-7-5-4-6-8-15/h4-8,13-14,16H,9-12,18H2,1-3H3/t13-,14-,16+/m0/s1. The fourth-order valence-electron chi connectivity index (χ4n) is 3.10. The van der Waals surface area contributed by atoms with Gasteiger partial charge in [0.25, 0.3) is 0 Å². The Morgan fingerprint density at radius 1 is 1.43 bits per heavy atom. The minimum atomic E-state index is -0.410. The number of nitrogens with zero attached hydrogens (tertiary/aromatic N) is 2. The van der Waals surface area contributed by atoms with Crippen LogP contribution in [0.15, 0.2) is 30.3 Å². The van der Waals surface area contributed by atoms with Gasteiger partial charge in [-0.2, -0.15) is 0 Å². The molecular weight excluding hydrogens is 262 g/mol. The Labute approximate surface area is 127 Å². The normalized spacial score (nSPS) is 24.6. The molecule has 1 aromatic rings. The van der Waals surface area contributed by atoms with E-state index >= 15 is 0 Å². The van der Waals surface area contributed by atoms with Crippen LogP contribution in [0.3, 0.4) is 0 Å². The van der Waals surface area contributed by atoms with Crippen molar-refractivity contribution in [2.24, 2.45) is 5.73 Å². The van der Waals surface area contributed by atoms with Crippen LogP contribution in [0.1, 0.15) is 32.3 Å². The minimum absolute atomic E-state index is 0.0451. The van der Waals surface area contributed by atoms with E-state index in [0.29, 0.717) is 12.1 Å². The molecule has 2 N–H and O–H groups in total. The number of likely N-dealkylation sites (tertiary alicyclic amines) is 1. The van der Waals surface area contributed by atoms with E-state index in [1.165, 1.54) is 5.56 Å². The molecular formula is C17H27N3O. The smallest absolute Gasteiger partial charge is 0.239 e. The number of carbonyl (C=O) groups excluding carboxylic acids is 1. The molecule has 0 bridgehead atoms. The average Bonchev–Trinajstić information content (AvgIpc) is 2.48. The predicted molar refractivity (Wildman–Crippen MR) is 85.8 cm³/mol. The molecule has 3 atom stereocenters. The highest BCUT2D eigenvalue weighted by Gasteiger charge is 2.30. The summed E-state index contributed by atoms with van der Waals surface area (Å²) in [4.78, 5) is 16.4. The fraction of sp³-hybridized carbons (Fsp3) is 0.588. The largest absolute Gasteiger partial charge is 0.341 e. The van der Waals surface area contributed by atoms with Gasteiger partial charge in [-0.3, -0.25) is 9.69 Å². The second-order valence-corrected chi connectivity index (χ2v) is 6.22. The van der Waals surface area contributed by atoms with Gasteiger partial charge in [0.15, 0.2) is 0 Å². The lowest BCUT2D eigenvalue weighted by Gasteiger charge is -2.41. The van der Waals surface area contributed by atoms with E-state index in [9.17, 15) is 4.79 Å². The molecule has 1 saturated heterocycles. The predicted octanol–water partition coefficient (Wildman–Crippen LogP) is 1.85. The summed E-state index contributed by atoms with van der Waals surface area (Å²) in [6.45, 7) is 6.02. The number of nitrogens with two attached hydrogens (primary N) is 1. The summed E-state index contributed by atoms with van der Waals surface area (Å²) >= 11 is 0. The Morgan fingerprint density at radius 2 is 2.10 bits per heavy atom. The zero-order valence-electron chi connectivity index (χ0n) is 13.3. The number of likely N-dealkylation sites (N-methyl/N-ethyl adjacent to an activating group) is 1. The second kappa shape index (κ2) is 7.05. The number of carbonyl (C=O) groups is 1. The van der Waals surface area contributed by atoms with Gasteiger partial charge < -0.3 is 10.6 Å². The zero-order chi connectivity index (χ0) is 15.4. The molecule has 1 amide bonds. The van der Waals surface area contributed by atoms with Crippen LogP contribution in [0.2, 0.25) is 0 Å². The quantitative estimate of drug-likeness (QED) is 0.920. The maximum Gasteiger partial charge on any atom is 0.239 e. The number of hydrogen-bond acceptors (Lipinski definition) is 3. The van der Waals surface area contributed by atoms with Gasteiger partial charge in [0, 0.05) is 32.2 Å². The van der Waals surface area contributed by atoms with Crippen molar-refractivity contribution in [3.63, 3.8) is 0 Å². The SMILES string of the molecule is C[C@H](N)C(=O)N(C)[C@@H]1CCN(Cc2ccccc2)[C@@H](C)C1. The summed E-state index contributed by atoms with van der Waals surface area (Å²) in [5, 5.41) is 0. The summed E-state index contributed by atoms with van der Waals surface area (Å²) in [5.41, 5.74) is 7.06. The van der Waals surface area contributed by atoms with Crippen LogP contribution in [0.25, 0.3) is 0 Å². The van der Waals surface area contributed by atoms with E-state index in [0.717, 1.165) is 25.9 Å². The highest BCUT2D eigenvalue weighted by Crippen LogP contribution is 2.23. The Morgan fingerprint density at radius 3 is 2.67 bits per heavy atom. The van der Waals surface area contributed by atoms with E-state index in [4.69, 9.17) is 5.73 Å². The lowest BCUT2D eigenvalue weighted by atomic mass is 9.96. The van der Waals surface area contributed by atoms with Crippen molar-refractivity contribution >= 4 is 5.91 Å². The number of rotatable bonds is 4. The van der Waals surface area contributed by atoms with E-state index in [2.05, 4.69) is 36.1 Å². The highest BCUT2D eigenvalue weighted by atomic mass is 16.2. The van der Waals surface area contributed by atoms with Gasteiger partial charge in [0.2, 0.25) is 5.91 Å². The molecule has 1 aromatic carbocycles. The third-order valence-corrected chi connectivity index (χ3v) is 4.50. The van der Waals surface area contributed by atoms with Crippen molar-refractivity contribution in [2.45, 2.75) is 51.4 Å². The Hall–Kier alpha value is -1.39. The van der Waals surface area contributed by atoms with Crippen LogP contribution < -0.4 is 5.73 Å². The first-order valence-electron chi connectivity index (χ1n) is 7.79. The van der Waals surface area contributed by atoms with Gasteiger partial charge in [-0.25, -0.2) is 0 Å². The first-order valence-corrected chi connectivity index (χ1v) is 7.79. The van der Waals surface area contributed by atoms with Crippen molar-refractivity contribution in [3.05, 3.63) is 35.9 Å². The molecule has 1 aliphatic rings. The molecule has 1 fully saturated rings. The third kappa shape index (κ3) is 4.05. The topological polar surface area (TPSA) is 49.6 Å². The van der Waals surface area contributed by atoms with Crippen LogP contribution >= 0.6 is 0 Å². The number of hydrogen-bond donors (Lipinski definition) is 1. The average molecular weight is 289 g/mol. The van der Waals surface area contributed by atoms with Gasteiger partial charge in [0.05, 0.1) is 6.04 Å². The summed E-state index contributed by atoms with van der Waals surface area (Å²) in [6.07, 6.45) is 2.04. The van der Waals surface area contributed by atoms with Crippen LogP contribution in [-0.4, -0.2) is 47.4 Å². The minimum Gasteiger partial charge on any atom is -0.341 e. The van der Waals surface area contributed by atoms with Crippen LogP contribution in [0.4, 0.5) is 0 Å². The first kappa shape index (κ1) is 16.0. The van der Waals surface area contributed by atoms with Crippen molar-refractivity contribution in [3.8, 4) is 0 Å². The van der Waals surface area contributed by atoms with Gasteiger partial charge in [0.1, 0.15) is 0 Å². The molecule has 0 saturated carbocycles. The van der Waals surface area contributed by atoms with Gasteiger partial charge in [-0.05, 0) is 32.3 Å². The number of amides is 1. The maximum absolute atomic E-state index is 12.0. The summed E-state index contributed by atoms with van der Waals surface area (Å²) in [5.74, 6) is 0.0451. The van der Waals surface area contributed by atoms with Crippen LogP contribution in [0, 0.1) is 0 Å². The van der Waals surface area contributed by atoms with Crippen molar-refractivity contribution in [1.29, 1.82) is 0 Å². The fourth-order valence-corrected chi connectivity index (χ4v) is 3.10. The van der Waals surface area contributed by atoms with Crippen LogP contribution in [0.5, 0.6) is 0 Å². The number of benzene rings is 1. The molecule has 4 nitrogen and oxygen atoms in total. The Bertz CT molecular complexity index is 460. The van der Waals surface area contributed by atoms with E-state index in [1.807, 2.05) is 18.0 Å². The molecule has 1 aliphatic heterocycles. The molecule has 0 unspecified atom stereocenters. The molecule has 0 radical (unpaired) electrons. The molecule has 0 spiro atoms. The monoisotopic (exact) mass is 289 g/mol. The molecule has 0 aliphatic carbocycles. The van der Waals surface area contributed by atoms with Crippen LogP contribution in [-0.2, 0) is 11.3 Å². The molecule has 1 heterocycles. The summed E-state index contributed by atoms with van der Waals surface area (Å²) in [6, 6.07) is 10.9. The molecule has 21 heavy (non-hydrogen) atoms. The van der Waals surface area contributed by atoms with Gasteiger partial charge >= 0.3 is 0 Å². The first-order chi connectivity index (χ1) is 9.99. The summed E-state index contributed by atoms with van der Waals surface area (Å²) < 4.78 is 0. The van der Waals surface area contributed by atoms with Crippen molar-refractivity contribution in [1.82, 2.24) is 9.80 Å².